The summed E-state index contributed by atoms with van der Waals surface area (Å²) < 4.78 is 0. The maximum atomic E-state index is 6.61. The van der Waals surface area contributed by atoms with E-state index < -0.39 is 0 Å². The third-order valence-electron chi connectivity index (χ3n) is 4.15. The molecule has 17 heavy (non-hydrogen) atoms. The molecule has 0 nitrogen and oxygen atoms in total. The highest BCUT2D eigenvalue weighted by atomic mass is 35.5. The normalized spacial score (nSPS) is 16.9. The number of hydrogen-bond donors (Lipinski definition) is 0. The number of hydrogen-bond acceptors (Lipinski definition) is 0. The first-order chi connectivity index (χ1) is 8.26. The SMILES string of the molecule is CCC(CC)C(Cl)c1ccc2c(c1)CCCC2. The zero-order valence-corrected chi connectivity index (χ0v) is 11.8. The van der Waals surface area contributed by atoms with Crippen LogP contribution in [0.1, 0.15) is 61.6 Å². The molecule has 2 rings (SSSR count). The van der Waals surface area contributed by atoms with Gasteiger partial charge in [-0.15, -0.1) is 11.6 Å². The number of fused-ring (bicyclic) bond motifs is 1. The first-order valence-electron chi connectivity index (χ1n) is 7.02. The Balaban J connectivity index is 2.21. The van der Waals surface area contributed by atoms with Gasteiger partial charge in [-0.1, -0.05) is 44.9 Å². The Labute approximate surface area is 110 Å². The van der Waals surface area contributed by atoms with Crippen molar-refractivity contribution in [3.63, 3.8) is 0 Å². The number of halogens is 1. The maximum absolute atomic E-state index is 6.61. The summed E-state index contributed by atoms with van der Waals surface area (Å²) in [4.78, 5) is 0. The summed E-state index contributed by atoms with van der Waals surface area (Å²) in [6.07, 6.45) is 7.53. The van der Waals surface area contributed by atoms with Crippen molar-refractivity contribution < 1.29 is 0 Å². The monoisotopic (exact) mass is 250 g/mol. The second kappa shape index (κ2) is 5.91. The average molecular weight is 251 g/mol. The number of rotatable bonds is 4. The molecule has 1 aromatic carbocycles. The van der Waals surface area contributed by atoms with Gasteiger partial charge in [-0.3, -0.25) is 0 Å². The van der Waals surface area contributed by atoms with E-state index in [1.54, 1.807) is 11.1 Å². The molecule has 0 radical (unpaired) electrons. The molecular formula is C16H23Cl. The lowest BCUT2D eigenvalue weighted by atomic mass is 9.87. The van der Waals surface area contributed by atoms with Gasteiger partial charge < -0.3 is 0 Å². The molecule has 94 valence electrons. The van der Waals surface area contributed by atoms with E-state index in [0.29, 0.717) is 5.92 Å². The lowest BCUT2D eigenvalue weighted by Crippen LogP contribution is -2.08. The summed E-state index contributed by atoms with van der Waals surface area (Å²) in [5.74, 6) is 0.610. The van der Waals surface area contributed by atoms with Crippen LogP contribution in [0.5, 0.6) is 0 Å². The highest BCUT2D eigenvalue weighted by molar-refractivity contribution is 6.21. The molecule has 0 heterocycles. The molecule has 0 spiro atoms. The minimum absolute atomic E-state index is 0.192. The van der Waals surface area contributed by atoms with Crippen molar-refractivity contribution in [1.82, 2.24) is 0 Å². The van der Waals surface area contributed by atoms with Crippen LogP contribution in [0.2, 0.25) is 0 Å². The smallest absolute Gasteiger partial charge is 0.0613 e. The van der Waals surface area contributed by atoms with Crippen LogP contribution in [0.3, 0.4) is 0 Å². The summed E-state index contributed by atoms with van der Waals surface area (Å²) in [6, 6.07) is 6.92. The molecule has 0 aliphatic heterocycles. The van der Waals surface area contributed by atoms with E-state index in [4.69, 9.17) is 11.6 Å². The molecule has 1 atom stereocenters. The van der Waals surface area contributed by atoms with Crippen molar-refractivity contribution in [2.75, 3.05) is 0 Å². The molecule has 0 amide bonds. The van der Waals surface area contributed by atoms with Gasteiger partial charge in [0, 0.05) is 0 Å². The largest absolute Gasteiger partial charge is 0.118 e. The molecule has 0 fully saturated rings. The van der Waals surface area contributed by atoms with Crippen molar-refractivity contribution in [3.8, 4) is 0 Å². The van der Waals surface area contributed by atoms with Gasteiger partial charge in [-0.2, -0.15) is 0 Å². The third-order valence-corrected chi connectivity index (χ3v) is 4.76. The van der Waals surface area contributed by atoms with E-state index in [9.17, 15) is 0 Å². The minimum Gasteiger partial charge on any atom is -0.118 e. The van der Waals surface area contributed by atoms with Crippen LogP contribution < -0.4 is 0 Å². The summed E-state index contributed by atoms with van der Waals surface area (Å²) in [7, 11) is 0. The molecular weight excluding hydrogens is 228 g/mol. The van der Waals surface area contributed by atoms with Gasteiger partial charge in [0.2, 0.25) is 0 Å². The topological polar surface area (TPSA) is 0 Å². The number of aryl methyl sites for hydroxylation is 2. The van der Waals surface area contributed by atoms with Gasteiger partial charge >= 0.3 is 0 Å². The molecule has 0 bridgehead atoms. The van der Waals surface area contributed by atoms with Crippen molar-refractivity contribution >= 4 is 11.6 Å². The zero-order chi connectivity index (χ0) is 12.3. The van der Waals surface area contributed by atoms with Gasteiger partial charge in [0.05, 0.1) is 5.38 Å². The van der Waals surface area contributed by atoms with Crippen LogP contribution in [0.25, 0.3) is 0 Å². The van der Waals surface area contributed by atoms with Gasteiger partial charge in [-0.05, 0) is 48.3 Å². The molecule has 0 aromatic heterocycles. The Morgan fingerprint density at radius 2 is 1.71 bits per heavy atom. The predicted octanol–water partition coefficient (Wildman–Crippen LogP) is 5.28. The Kier molecular flexibility index (Phi) is 4.50. The fourth-order valence-electron chi connectivity index (χ4n) is 2.90. The first kappa shape index (κ1) is 13.0. The Hall–Kier alpha value is -0.490. The highest BCUT2D eigenvalue weighted by Crippen LogP contribution is 2.35. The van der Waals surface area contributed by atoms with Crippen molar-refractivity contribution in [3.05, 3.63) is 34.9 Å². The molecule has 1 aliphatic carbocycles. The summed E-state index contributed by atoms with van der Waals surface area (Å²) in [5.41, 5.74) is 4.43. The van der Waals surface area contributed by atoms with Crippen LogP contribution in [0.4, 0.5) is 0 Å². The van der Waals surface area contributed by atoms with E-state index in [-0.39, 0.29) is 5.38 Å². The van der Waals surface area contributed by atoms with Crippen LogP contribution in [0, 0.1) is 5.92 Å². The lowest BCUT2D eigenvalue weighted by Gasteiger charge is -2.22. The number of alkyl halides is 1. The standard InChI is InChI=1S/C16H23Cl/c1-3-12(4-2)16(17)15-10-9-13-7-5-6-8-14(13)11-15/h9-12,16H,3-8H2,1-2H3. The Morgan fingerprint density at radius 1 is 1.06 bits per heavy atom. The van der Waals surface area contributed by atoms with Crippen LogP contribution >= 0.6 is 11.6 Å². The van der Waals surface area contributed by atoms with Crippen LogP contribution in [0.15, 0.2) is 18.2 Å². The summed E-state index contributed by atoms with van der Waals surface area (Å²) in [5, 5.41) is 0.192. The van der Waals surface area contributed by atoms with Gasteiger partial charge in [0.15, 0.2) is 0 Å². The average Bonchev–Trinajstić information content (AvgIpc) is 2.39. The van der Waals surface area contributed by atoms with E-state index in [2.05, 4.69) is 32.0 Å². The van der Waals surface area contributed by atoms with E-state index in [0.717, 1.165) is 0 Å². The quantitative estimate of drug-likeness (QED) is 0.638. The molecule has 1 aliphatic rings. The molecule has 1 aromatic rings. The highest BCUT2D eigenvalue weighted by Gasteiger charge is 2.19. The lowest BCUT2D eigenvalue weighted by molar-refractivity contribution is 0.475. The van der Waals surface area contributed by atoms with Gasteiger partial charge in [0.25, 0.3) is 0 Å². The molecule has 0 saturated carbocycles. The van der Waals surface area contributed by atoms with Crippen LogP contribution in [-0.4, -0.2) is 0 Å². The van der Waals surface area contributed by atoms with Gasteiger partial charge in [0.1, 0.15) is 0 Å². The van der Waals surface area contributed by atoms with E-state index in [1.807, 2.05) is 0 Å². The second-order valence-corrected chi connectivity index (χ2v) is 5.68. The maximum Gasteiger partial charge on any atom is 0.0613 e. The predicted molar refractivity (Wildman–Crippen MR) is 75.8 cm³/mol. The van der Waals surface area contributed by atoms with Gasteiger partial charge in [-0.25, -0.2) is 0 Å². The van der Waals surface area contributed by atoms with Crippen LogP contribution in [-0.2, 0) is 12.8 Å². The van der Waals surface area contributed by atoms with Crippen molar-refractivity contribution in [1.29, 1.82) is 0 Å². The minimum atomic E-state index is 0.192. The number of benzene rings is 1. The Bertz CT molecular complexity index is 366. The second-order valence-electron chi connectivity index (χ2n) is 5.21. The molecule has 1 unspecified atom stereocenters. The van der Waals surface area contributed by atoms with Crippen molar-refractivity contribution in [2.24, 2.45) is 5.92 Å². The van der Waals surface area contributed by atoms with E-state index in [1.165, 1.54) is 44.1 Å². The summed E-state index contributed by atoms with van der Waals surface area (Å²) >= 11 is 6.61. The zero-order valence-electron chi connectivity index (χ0n) is 11.0. The molecule has 0 saturated heterocycles. The first-order valence-corrected chi connectivity index (χ1v) is 7.45. The molecule has 0 N–H and O–H groups in total. The van der Waals surface area contributed by atoms with E-state index >= 15 is 0 Å². The summed E-state index contributed by atoms with van der Waals surface area (Å²) in [6.45, 7) is 4.48. The third kappa shape index (κ3) is 2.85. The fraction of sp³-hybridized carbons (Fsp3) is 0.625. The van der Waals surface area contributed by atoms with Crippen molar-refractivity contribution in [2.45, 2.75) is 57.7 Å². The fourth-order valence-corrected chi connectivity index (χ4v) is 3.39. The Morgan fingerprint density at radius 3 is 2.35 bits per heavy atom. The molecule has 1 heteroatoms.